The quantitative estimate of drug-likeness (QED) is 0.205. The van der Waals surface area contributed by atoms with Crippen LogP contribution in [0, 0.1) is 12.8 Å². The molecule has 3 heteroatoms. The van der Waals surface area contributed by atoms with Gasteiger partial charge in [0.15, 0.2) is 6.20 Å². The molecule has 0 bridgehead atoms. The van der Waals surface area contributed by atoms with Crippen molar-refractivity contribution in [2.24, 2.45) is 20.0 Å². The Kier molecular flexibility index (Phi) is 3.59. The van der Waals surface area contributed by atoms with Gasteiger partial charge in [0.1, 0.15) is 18.2 Å². The molecule has 0 unspecified atom stereocenters. The molecule has 0 radical (unpaired) electrons. The smallest absolute Gasteiger partial charge is 0.216 e. The number of aryl methyl sites for hydroxylation is 3. The van der Waals surface area contributed by atoms with Crippen molar-refractivity contribution in [2.45, 2.75) is 39.0 Å². The van der Waals surface area contributed by atoms with Crippen LogP contribution in [0.1, 0.15) is 36.8 Å². The first-order valence-corrected chi connectivity index (χ1v) is 10.8. The Morgan fingerprint density at radius 2 is 1.86 bits per heavy atom. The maximum absolute atomic E-state index is 6.60. The van der Waals surface area contributed by atoms with Crippen molar-refractivity contribution in [3.8, 4) is 0 Å². The summed E-state index contributed by atoms with van der Waals surface area (Å²) in [6, 6.07) is 11.4. The molecule has 3 aromatic heterocycles. The molecule has 1 aliphatic carbocycles. The van der Waals surface area contributed by atoms with E-state index in [0.29, 0.717) is 0 Å². The van der Waals surface area contributed by atoms with Crippen LogP contribution >= 0.6 is 0 Å². The lowest BCUT2D eigenvalue weighted by Crippen LogP contribution is -2.24. The molecule has 1 saturated carbocycles. The number of fused-ring (bicyclic) bond motifs is 3. The maximum atomic E-state index is 6.60. The van der Waals surface area contributed by atoms with Gasteiger partial charge in [-0.1, -0.05) is 31.7 Å². The average Bonchev–Trinajstić information content (AvgIpc) is 3.34. The summed E-state index contributed by atoms with van der Waals surface area (Å²) in [5.41, 5.74) is 7.20. The normalized spacial score (nSPS) is 15.6. The Labute approximate surface area is 170 Å². The third-order valence-electron chi connectivity index (χ3n) is 7.13. The second-order valence-electron chi connectivity index (χ2n) is 9.02. The van der Waals surface area contributed by atoms with Crippen molar-refractivity contribution < 1.29 is 8.98 Å². The van der Waals surface area contributed by atoms with E-state index in [4.69, 9.17) is 4.42 Å². The van der Waals surface area contributed by atoms with E-state index in [1.54, 1.807) is 0 Å². The first kappa shape index (κ1) is 17.1. The van der Waals surface area contributed by atoms with Crippen molar-refractivity contribution in [3.63, 3.8) is 0 Å². The fraction of sp³-hybridized carbons (Fsp3) is 0.346. The molecule has 3 heterocycles. The zero-order chi connectivity index (χ0) is 19.7. The zero-order valence-electron chi connectivity index (χ0n) is 17.5. The summed E-state index contributed by atoms with van der Waals surface area (Å²) in [6.45, 7) is 2.23. The van der Waals surface area contributed by atoms with E-state index in [1.165, 1.54) is 75.8 Å². The molecule has 0 atom stereocenters. The van der Waals surface area contributed by atoms with Crippen LogP contribution in [0.25, 0.3) is 43.7 Å². The SMILES string of the molecule is Cc1c2cc[n+](C)c2cc2oc3cc(CC4CCCC4)cc4ccn(C)c(c12)c43. The van der Waals surface area contributed by atoms with Crippen molar-refractivity contribution in [1.82, 2.24) is 4.57 Å². The van der Waals surface area contributed by atoms with E-state index in [-0.39, 0.29) is 0 Å². The molecule has 1 aliphatic rings. The minimum Gasteiger partial charge on any atom is -0.456 e. The topological polar surface area (TPSA) is 21.9 Å². The Morgan fingerprint density at radius 1 is 1.07 bits per heavy atom. The molecule has 1 fully saturated rings. The van der Waals surface area contributed by atoms with Gasteiger partial charge in [-0.25, -0.2) is 4.57 Å². The van der Waals surface area contributed by atoms with E-state index < -0.39 is 0 Å². The number of rotatable bonds is 2. The lowest BCUT2D eigenvalue weighted by atomic mass is 9.94. The number of aromatic nitrogens is 2. The third-order valence-corrected chi connectivity index (χ3v) is 7.13. The molecule has 0 spiro atoms. The van der Waals surface area contributed by atoms with Gasteiger partial charge in [-0.2, -0.15) is 0 Å². The van der Waals surface area contributed by atoms with Crippen LogP contribution in [-0.2, 0) is 20.5 Å². The Morgan fingerprint density at radius 3 is 2.69 bits per heavy atom. The molecule has 3 nitrogen and oxygen atoms in total. The van der Waals surface area contributed by atoms with Crippen molar-refractivity contribution in [3.05, 3.63) is 53.9 Å². The number of hydrogen-bond donors (Lipinski definition) is 0. The van der Waals surface area contributed by atoms with Gasteiger partial charge in [0.2, 0.25) is 5.52 Å². The highest BCUT2D eigenvalue weighted by Crippen LogP contribution is 2.38. The van der Waals surface area contributed by atoms with Crippen LogP contribution < -0.4 is 4.57 Å². The van der Waals surface area contributed by atoms with Crippen LogP contribution in [0.15, 0.2) is 47.1 Å². The second-order valence-corrected chi connectivity index (χ2v) is 9.02. The summed E-state index contributed by atoms with van der Waals surface area (Å²) < 4.78 is 11.0. The van der Waals surface area contributed by atoms with Gasteiger partial charge in [0.05, 0.1) is 17.0 Å². The van der Waals surface area contributed by atoms with E-state index >= 15 is 0 Å². The standard InChI is InChI=1S/C26H27N2O/c1-16-20-9-11-27(2)21(20)15-23-24(16)26-25-19(8-10-28(26)3)13-18(14-22(25)29-23)12-17-6-4-5-7-17/h8-11,13-15,17H,4-7,12H2,1-3H3/q+1. The van der Waals surface area contributed by atoms with Crippen molar-refractivity contribution in [2.75, 3.05) is 0 Å². The molecule has 2 aromatic carbocycles. The molecule has 0 aliphatic heterocycles. The van der Waals surface area contributed by atoms with E-state index in [2.05, 4.69) is 72.9 Å². The van der Waals surface area contributed by atoms with Gasteiger partial charge in [-0.15, -0.1) is 0 Å². The van der Waals surface area contributed by atoms with Crippen molar-refractivity contribution in [1.29, 1.82) is 0 Å². The minimum atomic E-state index is 0.833. The van der Waals surface area contributed by atoms with E-state index in [1.807, 2.05) is 0 Å². The minimum absolute atomic E-state index is 0.833. The lowest BCUT2D eigenvalue weighted by molar-refractivity contribution is -0.642. The van der Waals surface area contributed by atoms with Gasteiger partial charge in [-0.3, -0.25) is 0 Å². The zero-order valence-corrected chi connectivity index (χ0v) is 17.5. The molecule has 29 heavy (non-hydrogen) atoms. The molecule has 6 rings (SSSR count). The largest absolute Gasteiger partial charge is 0.456 e. The van der Waals surface area contributed by atoms with Gasteiger partial charge < -0.3 is 8.98 Å². The predicted octanol–water partition coefficient (Wildman–Crippen LogP) is 6.10. The molecule has 0 saturated heterocycles. The average molecular weight is 384 g/mol. The predicted molar refractivity (Wildman–Crippen MR) is 119 cm³/mol. The summed E-state index contributed by atoms with van der Waals surface area (Å²) in [4.78, 5) is 0. The number of pyridine rings is 1. The highest BCUT2D eigenvalue weighted by Gasteiger charge is 2.21. The van der Waals surface area contributed by atoms with E-state index in [9.17, 15) is 0 Å². The van der Waals surface area contributed by atoms with Crippen LogP contribution in [0.3, 0.4) is 0 Å². The Hall–Kier alpha value is -2.81. The maximum Gasteiger partial charge on any atom is 0.216 e. The first-order chi connectivity index (χ1) is 14.1. The summed E-state index contributed by atoms with van der Waals surface area (Å²) in [5.74, 6) is 0.833. The lowest BCUT2D eigenvalue weighted by Gasteiger charge is -2.16. The highest BCUT2D eigenvalue weighted by atomic mass is 16.3. The summed E-state index contributed by atoms with van der Waals surface area (Å²) >= 11 is 0. The molecular formula is C26H27N2O+. The van der Waals surface area contributed by atoms with Gasteiger partial charge in [-0.05, 0) is 47.9 Å². The molecular weight excluding hydrogens is 356 g/mol. The fourth-order valence-electron chi connectivity index (χ4n) is 5.62. The summed E-state index contributed by atoms with van der Waals surface area (Å²) in [6.07, 6.45) is 11.0. The van der Waals surface area contributed by atoms with Gasteiger partial charge in [0.25, 0.3) is 0 Å². The van der Waals surface area contributed by atoms with Crippen LogP contribution in [0.2, 0.25) is 0 Å². The highest BCUT2D eigenvalue weighted by molar-refractivity contribution is 6.19. The summed E-state index contributed by atoms with van der Waals surface area (Å²) in [5, 5.41) is 5.07. The molecule has 5 aromatic rings. The van der Waals surface area contributed by atoms with Gasteiger partial charge >= 0.3 is 0 Å². The number of nitrogens with zero attached hydrogens (tertiary/aromatic N) is 2. The molecule has 0 amide bonds. The fourth-order valence-corrected chi connectivity index (χ4v) is 5.62. The van der Waals surface area contributed by atoms with Crippen molar-refractivity contribution >= 4 is 43.7 Å². The Balaban J connectivity index is 1.71. The van der Waals surface area contributed by atoms with Crippen LogP contribution in [0.4, 0.5) is 0 Å². The van der Waals surface area contributed by atoms with Crippen LogP contribution in [-0.4, -0.2) is 4.57 Å². The first-order valence-electron chi connectivity index (χ1n) is 10.8. The Bertz CT molecular complexity index is 1410. The van der Waals surface area contributed by atoms with Gasteiger partial charge in [0, 0.05) is 30.1 Å². The third kappa shape index (κ3) is 2.46. The molecule has 0 N–H and O–H groups in total. The van der Waals surface area contributed by atoms with E-state index in [0.717, 1.165) is 17.1 Å². The number of benzene rings is 2. The molecule has 146 valence electrons. The second kappa shape index (κ2) is 6.09. The summed E-state index contributed by atoms with van der Waals surface area (Å²) in [7, 11) is 4.25. The number of hydrogen-bond acceptors (Lipinski definition) is 1. The van der Waals surface area contributed by atoms with Crippen LogP contribution in [0.5, 0.6) is 0 Å². The monoisotopic (exact) mass is 383 g/mol.